The standard InChI is InChI=1S/C12H24N2O4S/c1-12(2,6-9-15)13-11(16)10-4-7-14(8-5-10)19(3,17)18/h10,15H,4-9H2,1-3H3,(H,13,16). The Labute approximate surface area is 115 Å². The summed E-state index contributed by atoms with van der Waals surface area (Å²) in [7, 11) is -3.15. The zero-order chi connectivity index (χ0) is 14.7. The van der Waals surface area contributed by atoms with Gasteiger partial charge in [-0.25, -0.2) is 12.7 Å². The van der Waals surface area contributed by atoms with Crippen LogP contribution in [0.5, 0.6) is 0 Å². The lowest BCUT2D eigenvalue weighted by Crippen LogP contribution is -2.49. The second-order valence-electron chi connectivity index (χ2n) is 5.78. The van der Waals surface area contributed by atoms with Crippen LogP contribution in [-0.4, -0.2) is 55.2 Å². The van der Waals surface area contributed by atoms with Gasteiger partial charge in [-0.2, -0.15) is 0 Å². The van der Waals surface area contributed by atoms with Gasteiger partial charge in [0.15, 0.2) is 0 Å². The van der Waals surface area contributed by atoms with E-state index in [0.29, 0.717) is 32.4 Å². The lowest BCUT2D eigenvalue weighted by atomic mass is 9.94. The monoisotopic (exact) mass is 292 g/mol. The highest BCUT2D eigenvalue weighted by Crippen LogP contribution is 2.20. The van der Waals surface area contributed by atoms with Gasteiger partial charge < -0.3 is 10.4 Å². The minimum atomic E-state index is -3.15. The zero-order valence-electron chi connectivity index (χ0n) is 11.8. The minimum absolute atomic E-state index is 0.0276. The Kier molecular flexibility index (Phi) is 5.34. The van der Waals surface area contributed by atoms with E-state index in [0.717, 1.165) is 0 Å². The van der Waals surface area contributed by atoms with Crippen LogP contribution in [0.2, 0.25) is 0 Å². The van der Waals surface area contributed by atoms with Crippen molar-refractivity contribution in [1.82, 2.24) is 9.62 Å². The predicted octanol–water partition coefficient (Wildman–Crippen LogP) is -0.0648. The Hall–Kier alpha value is -0.660. The van der Waals surface area contributed by atoms with Crippen LogP contribution in [0.25, 0.3) is 0 Å². The number of hydrogen-bond acceptors (Lipinski definition) is 4. The zero-order valence-corrected chi connectivity index (χ0v) is 12.7. The van der Waals surface area contributed by atoms with Crippen LogP contribution in [0.1, 0.15) is 33.1 Å². The molecule has 0 radical (unpaired) electrons. The molecular formula is C12H24N2O4S. The van der Waals surface area contributed by atoms with Gasteiger partial charge >= 0.3 is 0 Å². The molecule has 0 bridgehead atoms. The molecule has 7 heteroatoms. The summed E-state index contributed by atoms with van der Waals surface area (Å²) >= 11 is 0. The van der Waals surface area contributed by atoms with Gasteiger partial charge in [0.05, 0.1) is 6.26 Å². The van der Waals surface area contributed by atoms with Crippen molar-refractivity contribution in [1.29, 1.82) is 0 Å². The number of carbonyl (C=O) groups is 1. The topological polar surface area (TPSA) is 86.7 Å². The first-order valence-corrected chi connectivity index (χ1v) is 8.38. The molecular weight excluding hydrogens is 268 g/mol. The Morgan fingerprint density at radius 2 is 1.89 bits per heavy atom. The van der Waals surface area contributed by atoms with Crippen molar-refractivity contribution >= 4 is 15.9 Å². The van der Waals surface area contributed by atoms with E-state index in [-0.39, 0.29) is 18.4 Å². The van der Waals surface area contributed by atoms with Gasteiger partial charge in [-0.3, -0.25) is 4.79 Å². The van der Waals surface area contributed by atoms with Gasteiger partial charge in [0.2, 0.25) is 15.9 Å². The molecule has 6 nitrogen and oxygen atoms in total. The molecule has 1 heterocycles. The number of sulfonamides is 1. The minimum Gasteiger partial charge on any atom is -0.396 e. The van der Waals surface area contributed by atoms with Crippen molar-refractivity contribution < 1.29 is 18.3 Å². The van der Waals surface area contributed by atoms with Crippen LogP contribution in [0.15, 0.2) is 0 Å². The molecule has 1 saturated heterocycles. The van der Waals surface area contributed by atoms with E-state index in [1.165, 1.54) is 10.6 Å². The molecule has 112 valence electrons. The second kappa shape index (κ2) is 6.19. The number of aliphatic hydroxyl groups excluding tert-OH is 1. The molecule has 0 saturated carbocycles. The summed E-state index contributed by atoms with van der Waals surface area (Å²) in [6.07, 6.45) is 2.79. The summed E-state index contributed by atoms with van der Waals surface area (Å²) in [6, 6.07) is 0. The van der Waals surface area contributed by atoms with Gasteiger partial charge in [-0.1, -0.05) is 0 Å². The maximum atomic E-state index is 12.1. The molecule has 1 aliphatic rings. The average Bonchev–Trinajstić information content (AvgIpc) is 2.27. The SMILES string of the molecule is CC(C)(CCO)NC(=O)C1CCN(S(C)(=O)=O)CC1. The Morgan fingerprint density at radius 1 is 1.37 bits per heavy atom. The van der Waals surface area contributed by atoms with E-state index in [1.807, 2.05) is 13.8 Å². The number of nitrogens with one attached hydrogen (secondary N) is 1. The lowest BCUT2D eigenvalue weighted by Gasteiger charge is -2.32. The normalized spacial score (nSPS) is 19.4. The molecule has 0 aromatic heterocycles. The average molecular weight is 292 g/mol. The summed E-state index contributed by atoms with van der Waals surface area (Å²) in [6.45, 7) is 4.56. The molecule has 19 heavy (non-hydrogen) atoms. The summed E-state index contributed by atoms with van der Waals surface area (Å²) in [5.74, 6) is -0.192. The number of carbonyl (C=O) groups excluding carboxylic acids is 1. The predicted molar refractivity (Wildman–Crippen MR) is 73.1 cm³/mol. The molecule has 0 unspecified atom stereocenters. The number of nitrogens with zero attached hydrogens (tertiary/aromatic N) is 1. The summed E-state index contributed by atoms with van der Waals surface area (Å²) in [5, 5.41) is 11.8. The smallest absolute Gasteiger partial charge is 0.223 e. The van der Waals surface area contributed by atoms with Crippen LogP contribution in [0.4, 0.5) is 0 Å². The van der Waals surface area contributed by atoms with Crippen molar-refractivity contribution in [2.75, 3.05) is 26.0 Å². The molecule has 1 rings (SSSR count). The Balaban J connectivity index is 2.50. The maximum Gasteiger partial charge on any atom is 0.223 e. The number of aliphatic hydroxyl groups is 1. The summed E-state index contributed by atoms with van der Waals surface area (Å²) < 4.78 is 24.2. The van der Waals surface area contributed by atoms with Crippen molar-refractivity contribution in [2.45, 2.75) is 38.6 Å². The van der Waals surface area contributed by atoms with Gasteiger partial charge in [0.25, 0.3) is 0 Å². The second-order valence-corrected chi connectivity index (χ2v) is 7.77. The summed E-state index contributed by atoms with van der Waals surface area (Å²) in [4.78, 5) is 12.1. The van der Waals surface area contributed by atoms with E-state index in [2.05, 4.69) is 5.32 Å². The molecule has 0 spiro atoms. The lowest BCUT2D eigenvalue weighted by molar-refractivity contribution is -0.127. The first-order valence-electron chi connectivity index (χ1n) is 6.54. The van der Waals surface area contributed by atoms with Crippen molar-refractivity contribution in [2.24, 2.45) is 5.92 Å². The van der Waals surface area contributed by atoms with Gasteiger partial charge in [0, 0.05) is 31.2 Å². The maximum absolute atomic E-state index is 12.1. The highest BCUT2D eigenvalue weighted by Gasteiger charge is 2.31. The summed E-state index contributed by atoms with van der Waals surface area (Å²) in [5.41, 5.74) is -0.431. The molecule has 0 atom stereocenters. The largest absolute Gasteiger partial charge is 0.396 e. The molecule has 0 aromatic rings. The van der Waals surface area contributed by atoms with E-state index >= 15 is 0 Å². The van der Waals surface area contributed by atoms with Crippen LogP contribution in [-0.2, 0) is 14.8 Å². The van der Waals surface area contributed by atoms with Crippen molar-refractivity contribution in [3.05, 3.63) is 0 Å². The number of amides is 1. The van der Waals surface area contributed by atoms with Crippen molar-refractivity contribution in [3.8, 4) is 0 Å². The molecule has 1 amide bonds. The third kappa shape index (κ3) is 5.08. The molecule has 0 aliphatic carbocycles. The van der Waals surface area contributed by atoms with E-state index in [1.54, 1.807) is 0 Å². The molecule has 1 fully saturated rings. The third-order valence-electron chi connectivity index (χ3n) is 3.49. The van der Waals surface area contributed by atoms with Crippen LogP contribution in [0.3, 0.4) is 0 Å². The molecule has 1 aliphatic heterocycles. The highest BCUT2D eigenvalue weighted by atomic mass is 32.2. The molecule has 2 N–H and O–H groups in total. The number of piperidine rings is 1. The van der Waals surface area contributed by atoms with Gasteiger partial charge in [-0.05, 0) is 33.1 Å². The van der Waals surface area contributed by atoms with E-state index in [9.17, 15) is 13.2 Å². The van der Waals surface area contributed by atoms with E-state index < -0.39 is 15.6 Å². The van der Waals surface area contributed by atoms with Gasteiger partial charge in [-0.15, -0.1) is 0 Å². The first-order chi connectivity index (χ1) is 8.65. The Morgan fingerprint density at radius 3 is 2.32 bits per heavy atom. The Bertz CT molecular complexity index is 411. The van der Waals surface area contributed by atoms with Crippen LogP contribution in [0, 0.1) is 5.92 Å². The molecule has 0 aromatic carbocycles. The fourth-order valence-electron chi connectivity index (χ4n) is 2.23. The quantitative estimate of drug-likeness (QED) is 0.743. The van der Waals surface area contributed by atoms with Crippen LogP contribution < -0.4 is 5.32 Å². The first kappa shape index (κ1) is 16.4. The number of hydrogen-bond donors (Lipinski definition) is 2. The number of rotatable bonds is 5. The highest BCUT2D eigenvalue weighted by molar-refractivity contribution is 7.88. The van der Waals surface area contributed by atoms with Crippen molar-refractivity contribution in [3.63, 3.8) is 0 Å². The fourth-order valence-corrected chi connectivity index (χ4v) is 3.10. The third-order valence-corrected chi connectivity index (χ3v) is 4.80. The fraction of sp³-hybridized carbons (Fsp3) is 0.917. The van der Waals surface area contributed by atoms with E-state index in [4.69, 9.17) is 5.11 Å². The van der Waals surface area contributed by atoms with Crippen LogP contribution >= 0.6 is 0 Å². The van der Waals surface area contributed by atoms with Gasteiger partial charge in [0.1, 0.15) is 0 Å².